The largest absolute Gasteiger partial charge is 0.398 e. The lowest BCUT2D eigenvalue weighted by Crippen LogP contribution is -2.25. The molecule has 0 radical (unpaired) electrons. The molecule has 0 fully saturated rings. The van der Waals surface area contributed by atoms with Crippen molar-refractivity contribution >= 4 is 15.7 Å². The molecule has 3 N–H and O–H groups in total. The highest BCUT2D eigenvalue weighted by Crippen LogP contribution is 2.22. The van der Waals surface area contributed by atoms with Crippen LogP contribution in [-0.2, 0) is 16.6 Å². The quantitative estimate of drug-likeness (QED) is 0.843. The molecule has 2 rings (SSSR count). The molecule has 0 spiro atoms. The van der Waals surface area contributed by atoms with E-state index < -0.39 is 10.0 Å². The van der Waals surface area contributed by atoms with Gasteiger partial charge in [-0.25, -0.2) is 13.1 Å². The minimum absolute atomic E-state index is 0.110. The van der Waals surface area contributed by atoms with Crippen molar-refractivity contribution in [2.45, 2.75) is 18.4 Å². The minimum atomic E-state index is -3.68. The average molecular weight is 301 g/mol. The van der Waals surface area contributed by atoms with Crippen LogP contribution in [0.1, 0.15) is 16.7 Å². The van der Waals surface area contributed by atoms with Crippen LogP contribution in [0, 0.1) is 18.3 Å². The summed E-state index contributed by atoms with van der Waals surface area (Å²) < 4.78 is 27.2. The molecule has 0 unspecified atom stereocenters. The van der Waals surface area contributed by atoms with Crippen molar-refractivity contribution in [3.05, 3.63) is 59.2 Å². The molecule has 0 saturated heterocycles. The van der Waals surface area contributed by atoms with Crippen molar-refractivity contribution in [3.63, 3.8) is 0 Å². The van der Waals surface area contributed by atoms with Gasteiger partial charge >= 0.3 is 0 Å². The maximum Gasteiger partial charge on any atom is 0.243 e. The Kier molecular flexibility index (Phi) is 4.26. The van der Waals surface area contributed by atoms with Gasteiger partial charge in [-0.2, -0.15) is 5.26 Å². The van der Waals surface area contributed by atoms with Crippen LogP contribution >= 0.6 is 0 Å². The third-order valence-electron chi connectivity index (χ3n) is 3.06. The van der Waals surface area contributed by atoms with Gasteiger partial charge in [0.05, 0.1) is 17.3 Å². The zero-order valence-electron chi connectivity index (χ0n) is 11.5. The predicted molar refractivity (Wildman–Crippen MR) is 80.8 cm³/mol. The highest BCUT2D eigenvalue weighted by Gasteiger charge is 2.19. The number of nitrogen functional groups attached to an aromatic ring is 1. The molecule has 0 aliphatic carbocycles. The molecular weight excluding hydrogens is 286 g/mol. The minimum Gasteiger partial charge on any atom is -0.398 e. The van der Waals surface area contributed by atoms with E-state index in [2.05, 4.69) is 4.72 Å². The van der Waals surface area contributed by atoms with Gasteiger partial charge in [0.1, 0.15) is 4.90 Å². The number of aryl methyl sites for hydroxylation is 1. The number of nitrogens with zero attached hydrogens (tertiary/aromatic N) is 1. The smallest absolute Gasteiger partial charge is 0.243 e. The molecule has 0 aliphatic heterocycles. The first-order valence-electron chi connectivity index (χ1n) is 6.28. The van der Waals surface area contributed by atoms with Crippen molar-refractivity contribution in [3.8, 4) is 6.07 Å². The SMILES string of the molecule is Cc1cccc(N)c1S(=O)(=O)NCc1ccc(C#N)cc1. The molecule has 6 heteroatoms. The van der Waals surface area contributed by atoms with Crippen LogP contribution in [0.5, 0.6) is 0 Å². The van der Waals surface area contributed by atoms with E-state index in [-0.39, 0.29) is 17.1 Å². The van der Waals surface area contributed by atoms with Gasteiger partial charge < -0.3 is 5.73 Å². The molecular formula is C15H15N3O2S. The number of hydrogen-bond donors (Lipinski definition) is 2. The first kappa shape index (κ1) is 15.0. The zero-order chi connectivity index (χ0) is 15.5. The summed E-state index contributed by atoms with van der Waals surface area (Å²) in [5, 5.41) is 8.72. The molecule has 21 heavy (non-hydrogen) atoms. The number of nitriles is 1. The first-order valence-corrected chi connectivity index (χ1v) is 7.76. The molecule has 108 valence electrons. The Labute approximate surface area is 124 Å². The Hall–Kier alpha value is -2.36. The second-order valence-electron chi connectivity index (χ2n) is 4.63. The van der Waals surface area contributed by atoms with E-state index in [4.69, 9.17) is 11.0 Å². The molecule has 0 saturated carbocycles. The number of anilines is 1. The van der Waals surface area contributed by atoms with Crippen molar-refractivity contribution in [2.75, 3.05) is 5.73 Å². The summed E-state index contributed by atoms with van der Waals surface area (Å²) in [5.41, 5.74) is 7.88. The Bertz CT molecular complexity index is 770. The van der Waals surface area contributed by atoms with Crippen molar-refractivity contribution in [2.24, 2.45) is 0 Å². The van der Waals surface area contributed by atoms with Gasteiger partial charge in [-0.1, -0.05) is 24.3 Å². The molecule has 0 aliphatic rings. The second-order valence-corrected chi connectivity index (χ2v) is 6.33. The summed E-state index contributed by atoms with van der Waals surface area (Å²) in [7, 11) is -3.68. The lowest BCUT2D eigenvalue weighted by molar-refractivity contribution is 0.581. The molecule has 0 atom stereocenters. The van der Waals surface area contributed by atoms with Gasteiger partial charge in [-0.3, -0.25) is 0 Å². The molecule has 2 aromatic carbocycles. The van der Waals surface area contributed by atoms with Gasteiger partial charge in [-0.05, 0) is 36.2 Å². The van der Waals surface area contributed by atoms with Crippen LogP contribution in [0.25, 0.3) is 0 Å². The maximum absolute atomic E-state index is 12.3. The Morgan fingerprint density at radius 1 is 1.19 bits per heavy atom. The van der Waals surface area contributed by atoms with Crippen LogP contribution in [-0.4, -0.2) is 8.42 Å². The summed E-state index contributed by atoms with van der Waals surface area (Å²) >= 11 is 0. The lowest BCUT2D eigenvalue weighted by Gasteiger charge is -2.11. The van der Waals surface area contributed by atoms with E-state index in [1.807, 2.05) is 6.07 Å². The third kappa shape index (κ3) is 3.40. The fraction of sp³-hybridized carbons (Fsp3) is 0.133. The monoisotopic (exact) mass is 301 g/mol. The van der Waals surface area contributed by atoms with Crippen LogP contribution in [0.3, 0.4) is 0 Å². The Morgan fingerprint density at radius 2 is 1.86 bits per heavy atom. The van der Waals surface area contributed by atoms with Crippen LogP contribution in [0.2, 0.25) is 0 Å². The highest BCUT2D eigenvalue weighted by atomic mass is 32.2. The summed E-state index contributed by atoms with van der Waals surface area (Å²) in [4.78, 5) is 0.110. The van der Waals surface area contributed by atoms with E-state index in [0.29, 0.717) is 11.1 Å². The van der Waals surface area contributed by atoms with Crippen molar-refractivity contribution < 1.29 is 8.42 Å². The second kappa shape index (κ2) is 5.95. The maximum atomic E-state index is 12.3. The topological polar surface area (TPSA) is 96.0 Å². The van der Waals surface area contributed by atoms with Gasteiger partial charge in [0.15, 0.2) is 0 Å². The Balaban J connectivity index is 2.20. The molecule has 0 amide bonds. The van der Waals surface area contributed by atoms with Crippen molar-refractivity contribution in [1.29, 1.82) is 5.26 Å². The number of rotatable bonds is 4. The van der Waals surface area contributed by atoms with E-state index in [0.717, 1.165) is 5.56 Å². The summed E-state index contributed by atoms with van der Waals surface area (Å²) in [6.45, 7) is 1.84. The number of nitrogens with two attached hydrogens (primary N) is 1. The van der Waals surface area contributed by atoms with E-state index in [1.165, 1.54) is 0 Å². The van der Waals surface area contributed by atoms with Crippen LogP contribution in [0.15, 0.2) is 47.4 Å². The van der Waals surface area contributed by atoms with E-state index >= 15 is 0 Å². The molecule has 2 aromatic rings. The van der Waals surface area contributed by atoms with Gasteiger partial charge in [0, 0.05) is 6.54 Å². The summed E-state index contributed by atoms with van der Waals surface area (Å²) in [5.74, 6) is 0. The average Bonchev–Trinajstić information content (AvgIpc) is 2.45. The van der Waals surface area contributed by atoms with Gasteiger partial charge in [-0.15, -0.1) is 0 Å². The highest BCUT2D eigenvalue weighted by molar-refractivity contribution is 7.89. The molecule has 0 aromatic heterocycles. The van der Waals surface area contributed by atoms with Gasteiger partial charge in [0.25, 0.3) is 0 Å². The number of benzene rings is 2. The summed E-state index contributed by atoms with van der Waals surface area (Å²) in [6.07, 6.45) is 0. The standard InChI is InChI=1S/C15H15N3O2S/c1-11-3-2-4-14(17)15(11)21(19,20)18-10-13-7-5-12(9-16)6-8-13/h2-8,18H,10,17H2,1H3. The van der Waals surface area contributed by atoms with E-state index in [1.54, 1.807) is 49.4 Å². The first-order chi connectivity index (χ1) is 9.94. The summed E-state index contributed by atoms with van der Waals surface area (Å²) in [6, 6.07) is 13.7. The number of nitrogens with one attached hydrogen (secondary N) is 1. The lowest BCUT2D eigenvalue weighted by atomic mass is 10.1. The van der Waals surface area contributed by atoms with Crippen LogP contribution < -0.4 is 10.5 Å². The molecule has 0 heterocycles. The predicted octanol–water partition coefficient (Wildman–Crippen LogP) is 1.93. The third-order valence-corrected chi connectivity index (χ3v) is 4.68. The van der Waals surface area contributed by atoms with Gasteiger partial charge in [0.2, 0.25) is 10.0 Å². The fourth-order valence-corrected chi connectivity index (χ4v) is 3.36. The Morgan fingerprint density at radius 3 is 2.43 bits per heavy atom. The fourth-order valence-electron chi connectivity index (χ4n) is 1.99. The molecule has 0 bridgehead atoms. The normalized spacial score (nSPS) is 11.0. The number of hydrogen-bond acceptors (Lipinski definition) is 4. The number of sulfonamides is 1. The van der Waals surface area contributed by atoms with E-state index in [9.17, 15) is 8.42 Å². The zero-order valence-corrected chi connectivity index (χ0v) is 12.3. The van der Waals surface area contributed by atoms with Crippen LogP contribution in [0.4, 0.5) is 5.69 Å². The van der Waals surface area contributed by atoms with Crippen molar-refractivity contribution in [1.82, 2.24) is 4.72 Å². The molecule has 5 nitrogen and oxygen atoms in total.